The lowest BCUT2D eigenvalue weighted by Gasteiger charge is -2.29. The van der Waals surface area contributed by atoms with E-state index in [1.807, 2.05) is 6.07 Å². The van der Waals surface area contributed by atoms with Crippen LogP contribution in [-0.2, 0) is 6.18 Å². The highest BCUT2D eigenvalue weighted by atomic mass is 19.4. The van der Waals surface area contributed by atoms with Crippen molar-refractivity contribution in [1.82, 2.24) is 19.7 Å². The first-order valence-electron chi connectivity index (χ1n) is 9.17. The van der Waals surface area contributed by atoms with Crippen molar-refractivity contribution in [2.45, 2.75) is 62.7 Å². The van der Waals surface area contributed by atoms with Crippen molar-refractivity contribution in [2.75, 3.05) is 5.32 Å². The molecule has 2 aliphatic carbocycles. The fraction of sp³-hybridized carbons (Fsp3) is 0.556. The first kappa shape index (κ1) is 17.9. The molecule has 2 saturated carbocycles. The molecule has 27 heavy (non-hydrogen) atoms. The summed E-state index contributed by atoms with van der Waals surface area (Å²) in [6, 6.07) is 4.26. The Morgan fingerprint density at radius 2 is 1.78 bits per heavy atom. The van der Waals surface area contributed by atoms with Gasteiger partial charge in [0.1, 0.15) is 5.69 Å². The summed E-state index contributed by atoms with van der Waals surface area (Å²) in [5.41, 5.74) is -0.0782. The maximum Gasteiger partial charge on any atom is 0.433 e. The van der Waals surface area contributed by atoms with Crippen molar-refractivity contribution in [3.63, 3.8) is 0 Å². The van der Waals surface area contributed by atoms with Gasteiger partial charge in [0, 0.05) is 24.2 Å². The highest BCUT2D eigenvalue weighted by Gasteiger charge is 2.33. The fourth-order valence-corrected chi connectivity index (χ4v) is 3.53. The van der Waals surface area contributed by atoms with Gasteiger partial charge in [-0.05, 0) is 50.7 Å². The Labute approximate surface area is 153 Å². The number of nitrogens with zero attached hydrogens (tertiary/aromatic N) is 4. The van der Waals surface area contributed by atoms with Gasteiger partial charge in [-0.25, -0.2) is 14.6 Å². The average Bonchev–Trinajstić information content (AvgIpc) is 3.48. The van der Waals surface area contributed by atoms with Crippen molar-refractivity contribution in [2.24, 2.45) is 0 Å². The first-order valence-corrected chi connectivity index (χ1v) is 9.17. The van der Waals surface area contributed by atoms with E-state index < -0.39 is 11.9 Å². The third kappa shape index (κ3) is 4.12. The van der Waals surface area contributed by atoms with E-state index in [4.69, 9.17) is 0 Å². The molecule has 0 aromatic carbocycles. The average molecular weight is 379 g/mol. The van der Waals surface area contributed by atoms with Gasteiger partial charge < -0.3 is 5.32 Å². The van der Waals surface area contributed by atoms with Gasteiger partial charge in [-0.15, -0.1) is 0 Å². The second-order valence-electron chi connectivity index (χ2n) is 7.23. The molecule has 2 heterocycles. The van der Waals surface area contributed by atoms with Gasteiger partial charge in [-0.2, -0.15) is 18.3 Å². The van der Waals surface area contributed by atoms with Gasteiger partial charge in [-0.1, -0.05) is 0 Å². The molecule has 0 radical (unpaired) electrons. The van der Waals surface area contributed by atoms with Crippen LogP contribution in [0.1, 0.15) is 61.9 Å². The van der Waals surface area contributed by atoms with Gasteiger partial charge in [0.15, 0.2) is 0 Å². The summed E-state index contributed by atoms with van der Waals surface area (Å²) < 4.78 is 39.9. The van der Waals surface area contributed by atoms with Crippen molar-refractivity contribution >= 4 is 5.95 Å². The SMILES string of the molecule is O=c1ccc(C2CC2)nn1C1CCC(Nc2nccc(C(F)(F)F)n2)CC1. The summed E-state index contributed by atoms with van der Waals surface area (Å²) in [6.07, 6.45) is 1.76. The molecule has 1 N–H and O–H groups in total. The summed E-state index contributed by atoms with van der Waals surface area (Å²) in [5, 5.41) is 7.53. The van der Waals surface area contributed by atoms with Gasteiger partial charge in [0.2, 0.25) is 5.95 Å². The van der Waals surface area contributed by atoms with Crippen LogP contribution in [0.2, 0.25) is 0 Å². The van der Waals surface area contributed by atoms with Crippen LogP contribution in [-0.4, -0.2) is 25.8 Å². The van der Waals surface area contributed by atoms with Crippen LogP contribution in [0.3, 0.4) is 0 Å². The fourth-order valence-electron chi connectivity index (χ4n) is 3.53. The third-order valence-corrected chi connectivity index (χ3v) is 5.16. The Morgan fingerprint density at radius 3 is 2.44 bits per heavy atom. The summed E-state index contributed by atoms with van der Waals surface area (Å²) in [5.74, 6) is 0.465. The molecular weight excluding hydrogens is 359 g/mol. The highest BCUT2D eigenvalue weighted by molar-refractivity contribution is 5.27. The number of aromatic nitrogens is 4. The number of hydrogen-bond acceptors (Lipinski definition) is 5. The zero-order chi connectivity index (χ0) is 19.0. The van der Waals surface area contributed by atoms with E-state index in [0.717, 1.165) is 43.6 Å². The molecule has 0 aliphatic heterocycles. The molecule has 9 heteroatoms. The minimum atomic E-state index is -4.49. The number of nitrogens with one attached hydrogen (secondary N) is 1. The van der Waals surface area contributed by atoms with Crippen LogP contribution < -0.4 is 10.9 Å². The van der Waals surface area contributed by atoms with Crippen LogP contribution in [0.15, 0.2) is 29.2 Å². The molecule has 2 aromatic rings. The lowest BCUT2D eigenvalue weighted by molar-refractivity contribution is -0.141. The summed E-state index contributed by atoms with van der Waals surface area (Å²) in [4.78, 5) is 19.6. The number of anilines is 1. The van der Waals surface area contributed by atoms with Crippen LogP contribution in [0.25, 0.3) is 0 Å². The predicted octanol–water partition coefficient (Wildman–Crippen LogP) is 3.53. The molecule has 0 amide bonds. The molecule has 4 rings (SSSR count). The monoisotopic (exact) mass is 379 g/mol. The van der Waals surface area contributed by atoms with E-state index >= 15 is 0 Å². The van der Waals surface area contributed by atoms with Gasteiger partial charge in [0.05, 0.1) is 11.7 Å². The number of alkyl halides is 3. The molecule has 0 spiro atoms. The van der Waals surface area contributed by atoms with Crippen LogP contribution >= 0.6 is 0 Å². The van der Waals surface area contributed by atoms with E-state index in [1.54, 1.807) is 10.7 Å². The third-order valence-electron chi connectivity index (χ3n) is 5.16. The first-order chi connectivity index (χ1) is 12.9. The largest absolute Gasteiger partial charge is 0.433 e. The van der Waals surface area contributed by atoms with Crippen LogP contribution in [0.5, 0.6) is 0 Å². The summed E-state index contributed by atoms with van der Waals surface area (Å²) in [7, 11) is 0. The maximum absolute atomic E-state index is 12.8. The number of hydrogen-bond donors (Lipinski definition) is 1. The Morgan fingerprint density at radius 1 is 1.04 bits per heavy atom. The number of halogens is 3. The smallest absolute Gasteiger partial charge is 0.351 e. The second-order valence-corrected chi connectivity index (χ2v) is 7.23. The number of rotatable bonds is 4. The van der Waals surface area contributed by atoms with E-state index in [-0.39, 0.29) is 23.6 Å². The molecule has 2 fully saturated rings. The molecule has 144 valence electrons. The lowest BCUT2D eigenvalue weighted by Crippen LogP contribution is -2.33. The van der Waals surface area contributed by atoms with E-state index in [0.29, 0.717) is 18.8 Å². The van der Waals surface area contributed by atoms with E-state index in [1.165, 1.54) is 0 Å². The molecular formula is C18H20F3N5O. The van der Waals surface area contributed by atoms with Crippen LogP contribution in [0, 0.1) is 0 Å². The van der Waals surface area contributed by atoms with Gasteiger partial charge in [-0.3, -0.25) is 4.79 Å². The zero-order valence-corrected chi connectivity index (χ0v) is 14.6. The Hall–Kier alpha value is -2.45. The molecule has 6 nitrogen and oxygen atoms in total. The summed E-state index contributed by atoms with van der Waals surface area (Å²) >= 11 is 0. The van der Waals surface area contributed by atoms with E-state index in [9.17, 15) is 18.0 Å². The second kappa shape index (κ2) is 6.94. The van der Waals surface area contributed by atoms with Crippen molar-refractivity contribution < 1.29 is 13.2 Å². The minimum absolute atomic E-state index is 0.0145. The van der Waals surface area contributed by atoms with Crippen molar-refractivity contribution in [1.29, 1.82) is 0 Å². The quantitative estimate of drug-likeness (QED) is 0.880. The van der Waals surface area contributed by atoms with Crippen molar-refractivity contribution in [3.8, 4) is 0 Å². The van der Waals surface area contributed by atoms with Gasteiger partial charge in [0.25, 0.3) is 5.56 Å². The minimum Gasteiger partial charge on any atom is -0.351 e. The molecule has 0 unspecified atom stereocenters. The molecule has 0 atom stereocenters. The predicted molar refractivity (Wildman–Crippen MR) is 92.4 cm³/mol. The lowest BCUT2D eigenvalue weighted by atomic mass is 9.91. The Balaban J connectivity index is 1.40. The van der Waals surface area contributed by atoms with Crippen molar-refractivity contribution in [3.05, 3.63) is 46.1 Å². The Bertz CT molecular complexity index is 870. The molecule has 0 saturated heterocycles. The molecule has 2 aliphatic rings. The molecule has 0 bridgehead atoms. The Kier molecular flexibility index (Phi) is 4.61. The van der Waals surface area contributed by atoms with Crippen LogP contribution in [0.4, 0.5) is 19.1 Å². The normalized spacial score (nSPS) is 23.2. The van der Waals surface area contributed by atoms with Gasteiger partial charge >= 0.3 is 6.18 Å². The zero-order valence-electron chi connectivity index (χ0n) is 14.6. The standard InChI is InChI=1S/C18H20F3N5O/c19-18(20,21)15-9-10-22-17(24-15)23-12-3-5-13(6-4-12)26-16(27)8-7-14(25-26)11-1-2-11/h7-13H,1-6H2,(H,22,23,24). The summed E-state index contributed by atoms with van der Waals surface area (Å²) in [6.45, 7) is 0. The topological polar surface area (TPSA) is 72.7 Å². The molecule has 2 aromatic heterocycles. The van der Waals surface area contributed by atoms with E-state index in [2.05, 4.69) is 20.4 Å². The maximum atomic E-state index is 12.8. The highest BCUT2D eigenvalue weighted by Crippen LogP contribution is 2.39.